The first kappa shape index (κ1) is 45.9. The molecule has 67 heavy (non-hydrogen) atoms. The number of likely N-dealkylation sites (tertiary alicyclic amines) is 1. The molecule has 9 rings (SSSR count). The Balaban J connectivity index is 0.869. The molecule has 2 amide bonds. The van der Waals surface area contributed by atoms with E-state index in [4.69, 9.17) is 9.47 Å². The molecule has 6 aromatic carbocycles. The van der Waals surface area contributed by atoms with Crippen molar-refractivity contribution in [1.82, 2.24) is 20.3 Å². The van der Waals surface area contributed by atoms with Gasteiger partial charge in [0.2, 0.25) is 21.8 Å². The number of hydrogen-bond acceptors (Lipinski definition) is 9. The van der Waals surface area contributed by atoms with Crippen LogP contribution in [0.1, 0.15) is 65.0 Å². The molecular formula is C54H57N5O7S. The smallest absolute Gasteiger partial charge is 0.247 e. The van der Waals surface area contributed by atoms with Crippen LogP contribution in [-0.2, 0) is 48.7 Å². The summed E-state index contributed by atoms with van der Waals surface area (Å²) >= 11 is 0. The number of sulfonamides is 1. The van der Waals surface area contributed by atoms with Crippen molar-refractivity contribution in [1.29, 1.82) is 0 Å². The number of anilines is 1. The molecule has 3 fully saturated rings. The quantitative estimate of drug-likeness (QED) is 0.0831. The standard InChI is InChI=1S/C54H57N5O7S/c1-38-15-25-48(26-16-38)67(63,64)57-49(32-39-9-4-2-5-10-39)51(61)55-34-41-11-8-12-45(31-41)42-21-23-44(24-22-42)52-65-47(33-50(66-52)43-19-17-40(36-60)18-20-43)35-58-29-27-54(28-30-58)53(62)56-37-59(54)46-13-6-3-7-14-46/h2-26,31,47,49-50,52,57,60H,27-30,32-37H2,1H3,(H,55,61)(H,56,62)/t47-,49-,50+,52+/m1/s1. The van der Waals surface area contributed by atoms with Crippen molar-refractivity contribution in [2.24, 2.45) is 0 Å². The van der Waals surface area contributed by atoms with Gasteiger partial charge >= 0.3 is 0 Å². The van der Waals surface area contributed by atoms with E-state index in [-0.39, 0.29) is 42.6 Å². The summed E-state index contributed by atoms with van der Waals surface area (Å²) in [5, 5.41) is 15.8. The number of nitrogens with one attached hydrogen (secondary N) is 3. The Morgan fingerprint density at radius 1 is 0.776 bits per heavy atom. The molecule has 12 nitrogen and oxygen atoms in total. The van der Waals surface area contributed by atoms with Crippen molar-refractivity contribution in [3.63, 3.8) is 0 Å². The number of amides is 2. The summed E-state index contributed by atoms with van der Waals surface area (Å²) in [7, 11) is -3.98. The predicted molar refractivity (Wildman–Crippen MR) is 258 cm³/mol. The van der Waals surface area contributed by atoms with Gasteiger partial charge in [-0.2, -0.15) is 4.72 Å². The number of ether oxygens (including phenoxy) is 2. The molecule has 3 aliphatic heterocycles. The number of para-hydroxylation sites is 1. The third-order valence-electron chi connectivity index (χ3n) is 13.3. The number of rotatable bonds is 15. The van der Waals surface area contributed by atoms with Crippen LogP contribution in [-0.4, -0.2) is 74.2 Å². The molecular weight excluding hydrogens is 863 g/mol. The number of nitrogens with zero attached hydrogens (tertiary/aromatic N) is 2. The van der Waals surface area contributed by atoms with Crippen LogP contribution in [0.5, 0.6) is 0 Å². The maximum atomic E-state index is 13.7. The highest BCUT2D eigenvalue weighted by molar-refractivity contribution is 7.89. The van der Waals surface area contributed by atoms with E-state index in [0.29, 0.717) is 32.5 Å². The van der Waals surface area contributed by atoms with Gasteiger partial charge in [-0.05, 0) is 89.9 Å². The molecule has 0 aliphatic carbocycles. The summed E-state index contributed by atoms with van der Waals surface area (Å²) in [5.41, 5.74) is 7.76. The van der Waals surface area contributed by atoms with E-state index in [0.717, 1.165) is 63.3 Å². The Labute approximate surface area is 393 Å². The molecule has 6 aromatic rings. The van der Waals surface area contributed by atoms with Crippen molar-refractivity contribution in [3.8, 4) is 11.1 Å². The van der Waals surface area contributed by atoms with Gasteiger partial charge in [0.1, 0.15) is 11.6 Å². The number of aryl methyl sites for hydroxylation is 1. The fourth-order valence-electron chi connectivity index (χ4n) is 9.48. The first-order valence-electron chi connectivity index (χ1n) is 23.0. The number of hydrogen-bond donors (Lipinski definition) is 4. The molecule has 0 bridgehead atoms. The number of carbonyl (C=O) groups is 2. The zero-order chi connectivity index (χ0) is 46.4. The van der Waals surface area contributed by atoms with Crippen molar-refractivity contribution in [2.45, 2.75) is 80.7 Å². The van der Waals surface area contributed by atoms with Crippen LogP contribution in [0.15, 0.2) is 163 Å². The van der Waals surface area contributed by atoms with E-state index in [1.807, 2.05) is 128 Å². The minimum atomic E-state index is -3.98. The Bertz CT molecular complexity index is 2730. The van der Waals surface area contributed by atoms with E-state index in [2.05, 4.69) is 37.3 Å². The molecule has 0 radical (unpaired) electrons. The first-order valence-corrected chi connectivity index (χ1v) is 24.5. The summed E-state index contributed by atoms with van der Waals surface area (Å²) < 4.78 is 42.9. The molecule has 3 saturated heterocycles. The monoisotopic (exact) mass is 919 g/mol. The molecule has 4 atom stereocenters. The first-order chi connectivity index (χ1) is 32.5. The lowest BCUT2D eigenvalue weighted by Gasteiger charge is -2.45. The zero-order valence-electron chi connectivity index (χ0n) is 37.6. The van der Waals surface area contributed by atoms with E-state index >= 15 is 0 Å². The van der Waals surface area contributed by atoms with Crippen LogP contribution in [0.4, 0.5) is 5.69 Å². The van der Waals surface area contributed by atoms with E-state index < -0.39 is 33.8 Å². The van der Waals surface area contributed by atoms with E-state index in [9.17, 15) is 23.1 Å². The zero-order valence-corrected chi connectivity index (χ0v) is 38.4. The molecule has 4 N–H and O–H groups in total. The van der Waals surface area contributed by atoms with Crippen molar-refractivity contribution in [3.05, 3.63) is 191 Å². The van der Waals surface area contributed by atoms with Crippen LogP contribution in [0.3, 0.4) is 0 Å². The third-order valence-corrected chi connectivity index (χ3v) is 14.8. The SMILES string of the molecule is Cc1ccc(S(=O)(=O)N[C@H](Cc2ccccc2)C(=O)NCc2cccc(-c3ccc([C@H]4O[C@@H](CN5CCC6(CC5)C(=O)NCN6c5ccccc5)C[C@@H](c5ccc(CO)cc5)O4)cc3)c2)cc1. The minimum Gasteiger partial charge on any atom is -0.392 e. The number of carbonyl (C=O) groups excluding carboxylic acids is 2. The summed E-state index contributed by atoms with van der Waals surface area (Å²) in [6, 6.07) is 49.0. The average molecular weight is 920 g/mol. The lowest BCUT2D eigenvalue weighted by molar-refractivity contribution is -0.253. The Morgan fingerprint density at radius 3 is 2.15 bits per heavy atom. The maximum Gasteiger partial charge on any atom is 0.247 e. The lowest BCUT2D eigenvalue weighted by Crippen LogP contribution is -2.57. The normalized spacial score (nSPS) is 20.1. The van der Waals surface area contributed by atoms with Gasteiger partial charge < -0.3 is 35.0 Å². The predicted octanol–water partition coefficient (Wildman–Crippen LogP) is 7.33. The number of benzene rings is 6. The van der Waals surface area contributed by atoms with Crippen LogP contribution in [0.25, 0.3) is 11.1 Å². The second-order valence-electron chi connectivity index (χ2n) is 17.8. The van der Waals surface area contributed by atoms with Crippen LogP contribution in [0, 0.1) is 6.92 Å². The molecule has 0 aromatic heterocycles. The largest absolute Gasteiger partial charge is 0.392 e. The van der Waals surface area contributed by atoms with Crippen molar-refractivity contribution < 1.29 is 32.6 Å². The van der Waals surface area contributed by atoms with Crippen LogP contribution in [0.2, 0.25) is 0 Å². The number of aliphatic hydroxyl groups is 1. The Morgan fingerprint density at radius 2 is 1.45 bits per heavy atom. The number of piperidine rings is 1. The number of aliphatic hydroxyl groups excluding tert-OH is 1. The van der Waals surface area contributed by atoms with Crippen molar-refractivity contribution >= 4 is 27.5 Å². The van der Waals surface area contributed by atoms with Crippen LogP contribution < -0.4 is 20.3 Å². The van der Waals surface area contributed by atoms with Gasteiger partial charge in [0, 0.05) is 43.9 Å². The third kappa shape index (κ3) is 10.7. The van der Waals surface area contributed by atoms with Gasteiger partial charge in [-0.3, -0.25) is 9.59 Å². The van der Waals surface area contributed by atoms with Gasteiger partial charge in [0.05, 0.1) is 30.4 Å². The van der Waals surface area contributed by atoms with Gasteiger partial charge in [0.15, 0.2) is 6.29 Å². The minimum absolute atomic E-state index is 0.0334. The Hall–Kier alpha value is -6.19. The second-order valence-corrected chi connectivity index (χ2v) is 19.5. The summed E-state index contributed by atoms with van der Waals surface area (Å²) in [6.45, 7) is 4.78. The average Bonchev–Trinajstić information content (AvgIpc) is 3.68. The highest BCUT2D eigenvalue weighted by Crippen LogP contribution is 2.40. The summed E-state index contributed by atoms with van der Waals surface area (Å²) in [4.78, 5) is 31.8. The summed E-state index contributed by atoms with van der Waals surface area (Å²) in [6.07, 6.45) is 1.25. The highest BCUT2D eigenvalue weighted by Gasteiger charge is 2.50. The molecule has 3 heterocycles. The van der Waals surface area contributed by atoms with E-state index in [1.54, 1.807) is 24.3 Å². The molecule has 0 unspecified atom stereocenters. The van der Waals surface area contributed by atoms with E-state index in [1.165, 1.54) is 0 Å². The molecule has 0 saturated carbocycles. The van der Waals surface area contributed by atoms with Crippen molar-refractivity contribution in [2.75, 3.05) is 31.2 Å². The molecule has 13 heteroatoms. The topological polar surface area (TPSA) is 150 Å². The van der Waals surface area contributed by atoms with Gasteiger partial charge in [-0.1, -0.05) is 133 Å². The fourth-order valence-corrected chi connectivity index (χ4v) is 10.7. The molecule has 1 spiro atoms. The maximum absolute atomic E-state index is 13.7. The van der Waals surface area contributed by atoms with Crippen LogP contribution >= 0.6 is 0 Å². The Kier molecular flexibility index (Phi) is 14.0. The van der Waals surface area contributed by atoms with Gasteiger partial charge in [-0.15, -0.1) is 0 Å². The van der Waals surface area contributed by atoms with Gasteiger partial charge in [-0.25, -0.2) is 8.42 Å². The summed E-state index contributed by atoms with van der Waals surface area (Å²) in [5.74, 6) is -0.334. The molecule has 346 valence electrons. The fraction of sp³-hybridized carbons (Fsp3) is 0.296. The second kappa shape index (κ2) is 20.4. The van der Waals surface area contributed by atoms with Gasteiger partial charge in [0.25, 0.3) is 0 Å². The lowest BCUT2D eigenvalue weighted by atomic mass is 9.85. The highest BCUT2D eigenvalue weighted by atomic mass is 32.2. The molecule has 3 aliphatic rings.